The van der Waals surface area contributed by atoms with Crippen LogP contribution in [0, 0.1) is 5.41 Å². The molecule has 1 aromatic carbocycles. The lowest BCUT2D eigenvalue weighted by Crippen LogP contribution is -2.18. The lowest BCUT2D eigenvalue weighted by Gasteiger charge is -2.20. The molecule has 0 bridgehead atoms. The van der Waals surface area contributed by atoms with Crippen LogP contribution >= 0.6 is 0 Å². The quantitative estimate of drug-likeness (QED) is 0.643. The molecule has 0 heterocycles. The fourth-order valence-corrected chi connectivity index (χ4v) is 1.38. The fourth-order valence-electron chi connectivity index (χ4n) is 1.38. The molecule has 1 rings (SSSR count). The number of anilines is 1. The monoisotopic (exact) mass is 235 g/mol. The van der Waals surface area contributed by atoms with Gasteiger partial charge < -0.3 is 10.5 Å². The Labute approximate surface area is 103 Å². The van der Waals surface area contributed by atoms with Crippen LogP contribution in [0.15, 0.2) is 18.2 Å². The second-order valence-corrected chi connectivity index (χ2v) is 5.38. The number of Topliss-reactive ketones (excluding diaryl/α,β-unsaturated/α-hetero) is 1. The molecule has 0 fully saturated rings. The summed E-state index contributed by atoms with van der Waals surface area (Å²) in [6, 6.07) is 5.21. The van der Waals surface area contributed by atoms with Crippen molar-refractivity contribution in [1.82, 2.24) is 0 Å². The van der Waals surface area contributed by atoms with Crippen molar-refractivity contribution < 1.29 is 9.53 Å². The Bertz CT molecular complexity index is 405. The number of rotatable bonds is 4. The van der Waals surface area contributed by atoms with Gasteiger partial charge in [0.25, 0.3) is 0 Å². The van der Waals surface area contributed by atoms with Crippen molar-refractivity contribution in [3.05, 3.63) is 23.8 Å². The summed E-state index contributed by atoms with van der Waals surface area (Å²) in [5.41, 5.74) is 6.93. The molecule has 0 saturated carbocycles. The zero-order valence-corrected chi connectivity index (χ0v) is 11.0. The van der Waals surface area contributed by atoms with Crippen molar-refractivity contribution in [3.8, 4) is 5.75 Å². The molecule has 3 nitrogen and oxygen atoms in total. The van der Waals surface area contributed by atoms with E-state index >= 15 is 0 Å². The van der Waals surface area contributed by atoms with E-state index in [9.17, 15) is 4.79 Å². The van der Waals surface area contributed by atoms with Crippen LogP contribution in [0.2, 0.25) is 0 Å². The van der Waals surface area contributed by atoms with Crippen molar-refractivity contribution in [2.24, 2.45) is 5.41 Å². The third-order valence-electron chi connectivity index (χ3n) is 2.29. The summed E-state index contributed by atoms with van der Waals surface area (Å²) in [7, 11) is 0. The van der Waals surface area contributed by atoms with Crippen LogP contribution in [0.4, 0.5) is 5.69 Å². The molecule has 0 aliphatic rings. The molecule has 0 aliphatic heterocycles. The molecule has 2 N–H and O–H groups in total. The maximum absolute atomic E-state index is 11.8. The van der Waals surface area contributed by atoms with E-state index in [1.165, 1.54) is 0 Å². The molecule has 0 atom stereocenters. The number of carbonyl (C=O) groups excluding carboxylic acids is 1. The van der Waals surface area contributed by atoms with E-state index in [0.29, 0.717) is 30.0 Å². The predicted octanol–water partition coefficient (Wildman–Crippen LogP) is 3.29. The average Bonchev–Trinajstić information content (AvgIpc) is 2.25. The molecule has 17 heavy (non-hydrogen) atoms. The zero-order valence-electron chi connectivity index (χ0n) is 11.0. The summed E-state index contributed by atoms with van der Waals surface area (Å²) in [6.07, 6.45) is 0.454. The van der Waals surface area contributed by atoms with E-state index in [4.69, 9.17) is 10.5 Å². The number of benzene rings is 1. The Morgan fingerprint density at radius 2 is 2.00 bits per heavy atom. The van der Waals surface area contributed by atoms with Crippen LogP contribution in [0.25, 0.3) is 0 Å². The molecule has 3 heteroatoms. The molecule has 94 valence electrons. The van der Waals surface area contributed by atoms with Gasteiger partial charge in [0.2, 0.25) is 0 Å². The lowest BCUT2D eigenvalue weighted by atomic mass is 9.98. The highest BCUT2D eigenvalue weighted by molar-refractivity contribution is 5.99. The fraction of sp³-hybridized carbons (Fsp3) is 0.500. The molecular weight excluding hydrogens is 214 g/mol. The summed E-state index contributed by atoms with van der Waals surface area (Å²) < 4.78 is 5.70. The van der Waals surface area contributed by atoms with Crippen molar-refractivity contribution in [3.63, 3.8) is 0 Å². The van der Waals surface area contributed by atoms with Gasteiger partial charge in [-0.3, -0.25) is 4.79 Å². The molecule has 0 aromatic heterocycles. The Hall–Kier alpha value is -1.51. The van der Waals surface area contributed by atoms with E-state index in [2.05, 4.69) is 20.8 Å². The molecule has 0 unspecified atom stereocenters. The minimum absolute atomic E-state index is 0.0567. The second kappa shape index (κ2) is 5.21. The largest absolute Gasteiger partial charge is 0.492 e. The number of nitrogen functional groups attached to an aromatic ring is 1. The van der Waals surface area contributed by atoms with Crippen molar-refractivity contribution in [2.75, 3.05) is 12.3 Å². The summed E-state index contributed by atoms with van der Waals surface area (Å²) in [6.45, 7) is 8.67. The lowest BCUT2D eigenvalue weighted by molar-refractivity contribution is 0.0981. The van der Waals surface area contributed by atoms with Gasteiger partial charge in [0.1, 0.15) is 5.75 Å². The van der Waals surface area contributed by atoms with Crippen molar-refractivity contribution in [1.29, 1.82) is 0 Å². The van der Waals surface area contributed by atoms with Crippen LogP contribution < -0.4 is 10.5 Å². The van der Waals surface area contributed by atoms with Crippen molar-refractivity contribution in [2.45, 2.75) is 34.1 Å². The topological polar surface area (TPSA) is 52.3 Å². The van der Waals surface area contributed by atoms with Gasteiger partial charge in [0.05, 0.1) is 12.2 Å². The Kier molecular flexibility index (Phi) is 4.16. The maximum Gasteiger partial charge on any atom is 0.166 e. The van der Waals surface area contributed by atoms with Gasteiger partial charge in [-0.25, -0.2) is 0 Å². The van der Waals surface area contributed by atoms with Gasteiger partial charge in [-0.05, 0) is 23.6 Å². The smallest absolute Gasteiger partial charge is 0.166 e. The van der Waals surface area contributed by atoms with Crippen LogP contribution in [-0.4, -0.2) is 12.4 Å². The first-order valence-electron chi connectivity index (χ1n) is 5.89. The van der Waals surface area contributed by atoms with Crippen LogP contribution in [-0.2, 0) is 0 Å². The predicted molar refractivity (Wildman–Crippen MR) is 70.4 cm³/mol. The minimum atomic E-state index is 0.0567. The second-order valence-electron chi connectivity index (χ2n) is 5.38. The van der Waals surface area contributed by atoms with Gasteiger partial charge in [-0.2, -0.15) is 0 Å². The SMILES string of the molecule is CCC(=O)c1cc(N)ccc1OCC(C)(C)C. The highest BCUT2D eigenvalue weighted by atomic mass is 16.5. The zero-order chi connectivity index (χ0) is 13.1. The average molecular weight is 235 g/mol. The highest BCUT2D eigenvalue weighted by Crippen LogP contribution is 2.25. The molecule has 0 radical (unpaired) electrons. The van der Waals surface area contributed by atoms with E-state index in [1.54, 1.807) is 18.2 Å². The third-order valence-corrected chi connectivity index (χ3v) is 2.29. The van der Waals surface area contributed by atoms with E-state index in [1.807, 2.05) is 6.92 Å². The molecule has 0 aliphatic carbocycles. The first-order chi connectivity index (χ1) is 7.83. The van der Waals surface area contributed by atoms with Crippen LogP contribution in [0.1, 0.15) is 44.5 Å². The summed E-state index contributed by atoms with van der Waals surface area (Å²) in [5.74, 6) is 0.683. The first kappa shape index (κ1) is 13.6. The number of hydrogen-bond donors (Lipinski definition) is 1. The number of nitrogens with two attached hydrogens (primary N) is 1. The highest BCUT2D eigenvalue weighted by Gasteiger charge is 2.15. The van der Waals surface area contributed by atoms with Gasteiger partial charge >= 0.3 is 0 Å². The molecule has 0 spiro atoms. The number of ether oxygens (including phenoxy) is 1. The van der Waals surface area contributed by atoms with Gasteiger partial charge in [0, 0.05) is 12.1 Å². The normalized spacial score (nSPS) is 11.3. The summed E-state index contributed by atoms with van der Waals surface area (Å²) >= 11 is 0. The van der Waals surface area contributed by atoms with E-state index in [-0.39, 0.29) is 11.2 Å². The first-order valence-corrected chi connectivity index (χ1v) is 5.89. The number of carbonyl (C=O) groups is 1. The van der Waals surface area contributed by atoms with Gasteiger partial charge in [-0.15, -0.1) is 0 Å². The summed E-state index contributed by atoms with van der Waals surface area (Å²) in [4.78, 5) is 11.8. The van der Waals surface area contributed by atoms with Crippen LogP contribution in [0.5, 0.6) is 5.75 Å². The molecule has 0 saturated heterocycles. The van der Waals surface area contributed by atoms with E-state index in [0.717, 1.165) is 0 Å². The Balaban J connectivity index is 2.94. The molecule has 0 amide bonds. The number of hydrogen-bond acceptors (Lipinski definition) is 3. The third kappa shape index (κ3) is 4.10. The Morgan fingerprint density at radius 3 is 2.53 bits per heavy atom. The minimum Gasteiger partial charge on any atom is -0.492 e. The molecule has 1 aromatic rings. The summed E-state index contributed by atoms with van der Waals surface area (Å²) in [5, 5.41) is 0. The molecular formula is C14H21NO2. The Morgan fingerprint density at radius 1 is 1.35 bits per heavy atom. The van der Waals surface area contributed by atoms with Crippen molar-refractivity contribution >= 4 is 11.5 Å². The standard InChI is InChI=1S/C14H21NO2/c1-5-12(16)11-8-10(15)6-7-13(11)17-9-14(2,3)4/h6-8H,5,9,15H2,1-4H3. The van der Waals surface area contributed by atoms with Gasteiger partial charge in [0.15, 0.2) is 5.78 Å². The maximum atomic E-state index is 11.8. The van der Waals surface area contributed by atoms with Gasteiger partial charge in [-0.1, -0.05) is 27.7 Å². The van der Waals surface area contributed by atoms with E-state index < -0.39 is 0 Å². The number of ketones is 1. The van der Waals surface area contributed by atoms with Crippen LogP contribution in [0.3, 0.4) is 0 Å².